The summed E-state index contributed by atoms with van der Waals surface area (Å²) in [5.74, 6) is 1.68. The molecule has 0 aromatic heterocycles. The van der Waals surface area contributed by atoms with Crippen LogP contribution < -0.4 is 0 Å². The fourth-order valence-corrected chi connectivity index (χ4v) is 3.81. The van der Waals surface area contributed by atoms with Gasteiger partial charge in [-0.15, -0.1) is 12.4 Å². The van der Waals surface area contributed by atoms with E-state index in [1.54, 1.807) is 11.1 Å². The molecule has 1 saturated carbocycles. The molecule has 0 heterocycles. The Morgan fingerprint density at radius 1 is 0.947 bits per heavy atom. The number of rotatable bonds is 3. The number of hydrogen-bond acceptors (Lipinski definition) is 1. The number of benzene rings is 1. The van der Waals surface area contributed by atoms with Crippen LogP contribution in [-0.4, -0.2) is 25.5 Å². The van der Waals surface area contributed by atoms with Gasteiger partial charge in [-0.3, -0.25) is 0 Å². The van der Waals surface area contributed by atoms with Crippen molar-refractivity contribution in [3.8, 4) is 0 Å². The molecule has 1 aromatic rings. The van der Waals surface area contributed by atoms with Crippen LogP contribution in [0.2, 0.25) is 0 Å². The molecule has 4 rings (SSSR count). The molecule has 0 aliphatic heterocycles. The zero-order valence-electron chi connectivity index (χ0n) is 11.9. The first-order valence-electron chi connectivity index (χ1n) is 7.19. The Morgan fingerprint density at radius 3 is 2.11 bits per heavy atom. The summed E-state index contributed by atoms with van der Waals surface area (Å²) in [4.78, 5) is 2.33. The molecule has 0 N–H and O–H groups in total. The summed E-state index contributed by atoms with van der Waals surface area (Å²) >= 11 is 0. The first-order chi connectivity index (χ1) is 8.75. The smallest absolute Gasteiger partial charge is 0.0195 e. The Kier molecular flexibility index (Phi) is 4.70. The van der Waals surface area contributed by atoms with E-state index in [4.69, 9.17) is 0 Å². The van der Waals surface area contributed by atoms with E-state index in [9.17, 15) is 0 Å². The van der Waals surface area contributed by atoms with Crippen LogP contribution in [0.3, 0.4) is 0 Å². The first kappa shape index (κ1) is 14.6. The zero-order valence-corrected chi connectivity index (χ0v) is 12.7. The van der Waals surface area contributed by atoms with Gasteiger partial charge in [0, 0.05) is 6.54 Å². The molecule has 0 atom stereocenters. The molecule has 2 heteroatoms. The Balaban J connectivity index is 0.00000133. The minimum Gasteiger partial charge on any atom is -0.305 e. The van der Waals surface area contributed by atoms with E-state index in [2.05, 4.69) is 49.3 Å². The van der Waals surface area contributed by atoms with E-state index < -0.39 is 0 Å². The predicted molar refractivity (Wildman–Crippen MR) is 84.6 cm³/mol. The van der Waals surface area contributed by atoms with Gasteiger partial charge < -0.3 is 4.90 Å². The molecule has 1 nitrogen and oxygen atoms in total. The maximum Gasteiger partial charge on any atom is 0.0195 e. The third kappa shape index (κ3) is 2.88. The van der Waals surface area contributed by atoms with Crippen LogP contribution in [0.4, 0.5) is 0 Å². The Labute approximate surface area is 123 Å². The predicted octanol–water partition coefficient (Wildman–Crippen LogP) is 4.24. The number of hydrogen-bond donors (Lipinski definition) is 0. The molecule has 2 bridgehead atoms. The van der Waals surface area contributed by atoms with Crippen LogP contribution in [0.5, 0.6) is 0 Å². The summed E-state index contributed by atoms with van der Waals surface area (Å²) in [6.07, 6.45) is 5.66. The zero-order chi connectivity index (χ0) is 12.5. The Bertz CT molecular complexity index is 442. The molecule has 3 aliphatic rings. The lowest BCUT2D eigenvalue weighted by molar-refractivity contribution is 0.299. The topological polar surface area (TPSA) is 3.24 Å². The quantitative estimate of drug-likeness (QED) is 0.799. The van der Waals surface area contributed by atoms with Gasteiger partial charge in [0.2, 0.25) is 0 Å². The van der Waals surface area contributed by atoms with Gasteiger partial charge in [-0.25, -0.2) is 0 Å². The van der Waals surface area contributed by atoms with E-state index in [1.807, 2.05) is 0 Å². The minimum absolute atomic E-state index is 0. The largest absolute Gasteiger partial charge is 0.305 e. The monoisotopic (exact) mass is 277 g/mol. The average molecular weight is 278 g/mol. The molecule has 0 radical (unpaired) electrons. The van der Waals surface area contributed by atoms with Gasteiger partial charge in [0.05, 0.1) is 0 Å². The van der Waals surface area contributed by atoms with E-state index in [1.165, 1.54) is 31.2 Å². The van der Waals surface area contributed by atoms with Crippen molar-refractivity contribution in [3.63, 3.8) is 0 Å². The summed E-state index contributed by atoms with van der Waals surface area (Å²) in [5, 5.41) is 0. The molecule has 0 saturated heterocycles. The standard InChI is InChI=1S/C17H23N.ClH/c1-18(2)12-16-13-8-10-15(11-9-13)17(16)14-6-4-3-5-7-14;/h3-7,13,15H,8-12H2,1-2H3;1H. The van der Waals surface area contributed by atoms with Crippen molar-refractivity contribution in [3.05, 3.63) is 41.5 Å². The molecule has 0 spiro atoms. The molecular weight excluding hydrogens is 254 g/mol. The summed E-state index contributed by atoms with van der Waals surface area (Å²) in [7, 11) is 4.38. The maximum atomic E-state index is 2.33. The van der Waals surface area contributed by atoms with Crippen LogP contribution in [0, 0.1) is 11.8 Å². The Hall–Kier alpha value is -0.790. The van der Waals surface area contributed by atoms with Gasteiger partial charge in [0.1, 0.15) is 0 Å². The highest BCUT2D eigenvalue weighted by Gasteiger charge is 2.35. The lowest BCUT2D eigenvalue weighted by Crippen LogP contribution is -2.31. The molecule has 1 aromatic carbocycles. The second-order valence-electron chi connectivity index (χ2n) is 6.09. The van der Waals surface area contributed by atoms with Crippen molar-refractivity contribution >= 4 is 18.0 Å². The summed E-state index contributed by atoms with van der Waals surface area (Å²) < 4.78 is 0. The van der Waals surface area contributed by atoms with Crippen molar-refractivity contribution in [1.29, 1.82) is 0 Å². The Morgan fingerprint density at radius 2 is 1.53 bits per heavy atom. The van der Waals surface area contributed by atoms with E-state index in [0.717, 1.165) is 18.4 Å². The number of nitrogens with zero attached hydrogens (tertiary/aromatic N) is 1. The van der Waals surface area contributed by atoms with Crippen LogP contribution in [0.25, 0.3) is 5.57 Å². The summed E-state index contributed by atoms with van der Waals surface area (Å²) in [5.41, 5.74) is 4.89. The van der Waals surface area contributed by atoms with Crippen LogP contribution in [-0.2, 0) is 0 Å². The van der Waals surface area contributed by atoms with Crippen LogP contribution in [0.1, 0.15) is 31.2 Å². The third-order valence-electron chi connectivity index (χ3n) is 4.55. The highest BCUT2D eigenvalue weighted by atomic mass is 35.5. The van der Waals surface area contributed by atoms with Crippen molar-refractivity contribution in [1.82, 2.24) is 4.90 Å². The molecular formula is C17H24ClN. The maximum absolute atomic E-state index is 2.33. The highest BCUT2D eigenvalue weighted by molar-refractivity contribution is 5.85. The number of halogens is 1. The number of fused-ring (bicyclic) bond motifs is 2. The van der Waals surface area contributed by atoms with Crippen LogP contribution in [0.15, 0.2) is 35.9 Å². The van der Waals surface area contributed by atoms with Crippen molar-refractivity contribution in [2.45, 2.75) is 25.7 Å². The lowest BCUT2D eigenvalue weighted by atomic mass is 9.65. The van der Waals surface area contributed by atoms with E-state index >= 15 is 0 Å². The molecule has 0 unspecified atom stereocenters. The second kappa shape index (κ2) is 6.11. The van der Waals surface area contributed by atoms with Gasteiger partial charge in [-0.05, 0) is 68.3 Å². The molecule has 0 amide bonds. The first-order valence-corrected chi connectivity index (χ1v) is 7.19. The molecule has 19 heavy (non-hydrogen) atoms. The van der Waals surface area contributed by atoms with Crippen molar-refractivity contribution in [2.75, 3.05) is 20.6 Å². The number of allylic oxidation sites excluding steroid dienone is 1. The normalized spacial score (nSPS) is 25.6. The van der Waals surface area contributed by atoms with E-state index in [-0.39, 0.29) is 12.4 Å². The van der Waals surface area contributed by atoms with Gasteiger partial charge >= 0.3 is 0 Å². The molecule has 3 aliphatic carbocycles. The fraction of sp³-hybridized carbons (Fsp3) is 0.529. The van der Waals surface area contributed by atoms with Gasteiger partial charge in [0.15, 0.2) is 0 Å². The summed E-state index contributed by atoms with van der Waals surface area (Å²) in [6.45, 7) is 1.14. The van der Waals surface area contributed by atoms with E-state index in [0.29, 0.717) is 0 Å². The van der Waals surface area contributed by atoms with Gasteiger partial charge in [-0.1, -0.05) is 30.3 Å². The van der Waals surface area contributed by atoms with Crippen molar-refractivity contribution in [2.24, 2.45) is 11.8 Å². The molecule has 1 fully saturated rings. The average Bonchev–Trinajstić information content (AvgIpc) is 2.40. The van der Waals surface area contributed by atoms with Gasteiger partial charge in [0.25, 0.3) is 0 Å². The lowest BCUT2D eigenvalue weighted by Gasteiger charge is -2.41. The third-order valence-corrected chi connectivity index (χ3v) is 4.55. The summed E-state index contributed by atoms with van der Waals surface area (Å²) in [6, 6.07) is 11.1. The van der Waals surface area contributed by atoms with Gasteiger partial charge in [-0.2, -0.15) is 0 Å². The SMILES string of the molecule is CN(C)CC1=C(c2ccccc2)C2CCC1CC2.Cl. The van der Waals surface area contributed by atoms with Crippen LogP contribution >= 0.6 is 12.4 Å². The van der Waals surface area contributed by atoms with Crippen molar-refractivity contribution < 1.29 is 0 Å². The highest BCUT2D eigenvalue weighted by Crippen LogP contribution is 2.49. The second-order valence-corrected chi connectivity index (χ2v) is 6.09. The molecule has 104 valence electrons. The fourth-order valence-electron chi connectivity index (χ4n) is 3.81. The minimum atomic E-state index is 0. The number of likely N-dealkylation sites (N-methyl/N-ethyl adjacent to an activating group) is 1.